The highest BCUT2D eigenvalue weighted by Gasteiger charge is 2.15. The molecule has 0 aromatic carbocycles. The highest BCUT2D eigenvalue weighted by Crippen LogP contribution is 2.34. The van der Waals surface area contributed by atoms with Crippen molar-refractivity contribution in [2.45, 2.75) is 39.0 Å². The van der Waals surface area contributed by atoms with E-state index >= 15 is 0 Å². The third-order valence-corrected chi connectivity index (χ3v) is 2.81. The first-order valence-electron chi connectivity index (χ1n) is 5.02. The van der Waals surface area contributed by atoms with Crippen LogP contribution in [-0.2, 0) is 0 Å². The molecule has 0 aromatic heterocycles. The van der Waals surface area contributed by atoms with Gasteiger partial charge in [-0.2, -0.15) is 0 Å². The van der Waals surface area contributed by atoms with Crippen molar-refractivity contribution < 1.29 is 0 Å². The van der Waals surface area contributed by atoms with Crippen molar-refractivity contribution in [3.8, 4) is 0 Å². The van der Waals surface area contributed by atoms with Crippen LogP contribution in [0.5, 0.6) is 0 Å². The maximum atomic E-state index is 2.43. The summed E-state index contributed by atoms with van der Waals surface area (Å²) in [6.45, 7) is 2.24. The lowest BCUT2D eigenvalue weighted by molar-refractivity contribution is 0.765. The quantitative estimate of drug-likeness (QED) is 0.548. The molecule has 0 spiro atoms. The number of hydrogen-bond donors (Lipinski definition) is 0. The Labute approximate surface area is 74.7 Å². The zero-order chi connectivity index (χ0) is 8.39. The maximum absolute atomic E-state index is 2.43. The van der Waals surface area contributed by atoms with E-state index in [1.807, 2.05) is 0 Å². The van der Waals surface area contributed by atoms with Gasteiger partial charge >= 0.3 is 0 Å². The maximum Gasteiger partial charge on any atom is -0.0232 e. The second-order valence-corrected chi connectivity index (χ2v) is 3.60. The highest BCUT2D eigenvalue weighted by molar-refractivity contribution is 5.55. The molecule has 0 fully saturated rings. The van der Waals surface area contributed by atoms with E-state index in [0.29, 0.717) is 0 Å². The van der Waals surface area contributed by atoms with Crippen LogP contribution < -0.4 is 0 Å². The molecular weight excluding hydrogens is 144 g/mol. The van der Waals surface area contributed by atoms with Gasteiger partial charge in [0.05, 0.1) is 0 Å². The van der Waals surface area contributed by atoms with Gasteiger partial charge in [0, 0.05) is 0 Å². The zero-order valence-electron chi connectivity index (χ0n) is 7.77. The van der Waals surface area contributed by atoms with Gasteiger partial charge in [-0.05, 0) is 48.8 Å². The fraction of sp³-hybridized carbons (Fsp3) is 0.500. The average Bonchev–Trinajstić information content (AvgIpc) is 2.33. The SMILES string of the molecule is CCC1=CC=C2CCCCC=C12. The van der Waals surface area contributed by atoms with Crippen LogP contribution in [0.3, 0.4) is 0 Å². The summed E-state index contributed by atoms with van der Waals surface area (Å²) in [6.07, 6.45) is 13.6. The molecule has 0 bridgehead atoms. The summed E-state index contributed by atoms with van der Waals surface area (Å²) in [7, 11) is 0. The minimum atomic E-state index is 1.19. The van der Waals surface area contributed by atoms with Crippen LogP contribution >= 0.6 is 0 Å². The molecule has 0 aliphatic heterocycles. The molecule has 2 aliphatic rings. The van der Waals surface area contributed by atoms with Crippen molar-refractivity contribution in [2.75, 3.05) is 0 Å². The van der Waals surface area contributed by atoms with Crippen LogP contribution in [0.25, 0.3) is 0 Å². The van der Waals surface area contributed by atoms with Crippen LogP contribution in [-0.4, -0.2) is 0 Å². The Kier molecular flexibility index (Phi) is 2.16. The van der Waals surface area contributed by atoms with Gasteiger partial charge in [0.1, 0.15) is 0 Å². The summed E-state index contributed by atoms with van der Waals surface area (Å²) in [5.41, 5.74) is 4.70. The summed E-state index contributed by atoms with van der Waals surface area (Å²) >= 11 is 0. The summed E-state index contributed by atoms with van der Waals surface area (Å²) in [6, 6.07) is 0. The topological polar surface area (TPSA) is 0 Å². The van der Waals surface area contributed by atoms with Gasteiger partial charge < -0.3 is 0 Å². The standard InChI is InChI=1S/C12H16/c1-2-10-8-9-11-6-4-3-5-7-12(10)11/h7-9H,2-6H2,1H3. The Hall–Kier alpha value is -0.780. The number of fused-ring (bicyclic) bond motifs is 1. The molecular formula is C12H16. The number of hydrogen-bond acceptors (Lipinski definition) is 0. The van der Waals surface area contributed by atoms with Gasteiger partial charge in [0.2, 0.25) is 0 Å². The molecule has 0 amide bonds. The van der Waals surface area contributed by atoms with Crippen LogP contribution in [0, 0.1) is 0 Å². The molecule has 0 radical (unpaired) electrons. The monoisotopic (exact) mass is 160 g/mol. The van der Waals surface area contributed by atoms with Gasteiger partial charge in [0.25, 0.3) is 0 Å². The Balaban J connectivity index is 2.25. The molecule has 0 aromatic rings. The van der Waals surface area contributed by atoms with E-state index in [9.17, 15) is 0 Å². The summed E-state index contributed by atoms with van der Waals surface area (Å²) < 4.78 is 0. The Morgan fingerprint density at radius 2 is 2.17 bits per heavy atom. The predicted molar refractivity (Wildman–Crippen MR) is 53.0 cm³/mol. The van der Waals surface area contributed by atoms with Crippen molar-refractivity contribution in [1.29, 1.82) is 0 Å². The van der Waals surface area contributed by atoms with E-state index in [2.05, 4.69) is 25.2 Å². The molecule has 2 rings (SSSR count). The second kappa shape index (κ2) is 3.30. The lowest BCUT2D eigenvalue weighted by Crippen LogP contribution is -1.86. The first kappa shape index (κ1) is 7.85. The second-order valence-electron chi connectivity index (χ2n) is 3.60. The molecule has 0 N–H and O–H groups in total. The molecule has 0 heterocycles. The van der Waals surface area contributed by atoms with E-state index in [1.165, 1.54) is 32.1 Å². The van der Waals surface area contributed by atoms with Crippen LogP contribution in [0.2, 0.25) is 0 Å². The Morgan fingerprint density at radius 3 is 3.00 bits per heavy atom. The van der Waals surface area contributed by atoms with Crippen molar-refractivity contribution in [3.05, 3.63) is 34.9 Å². The largest absolute Gasteiger partial charge is 0.0767 e. The third kappa shape index (κ3) is 1.26. The average molecular weight is 160 g/mol. The van der Waals surface area contributed by atoms with Crippen molar-refractivity contribution in [1.82, 2.24) is 0 Å². The van der Waals surface area contributed by atoms with E-state index in [4.69, 9.17) is 0 Å². The van der Waals surface area contributed by atoms with E-state index < -0.39 is 0 Å². The molecule has 64 valence electrons. The Morgan fingerprint density at radius 1 is 1.25 bits per heavy atom. The first-order chi connectivity index (χ1) is 5.92. The van der Waals surface area contributed by atoms with Gasteiger partial charge in [-0.15, -0.1) is 0 Å². The van der Waals surface area contributed by atoms with Gasteiger partial charge in [0.15, 0.2) is 0 Å². The number of allylic oxidation sites excluding steroid dienone is 6. The summed E-state index contributed by atoms with van der Waals surface area (Å²) in [5.74, 6) is 0. The third-order valence-electron chi connectivity index (χ3n) is 2.81. The first-order valence-corrected chi connectivity index (χ1v) is 5.02. The number of rotatable bonds is 1. The van der Waals surface area contributed by atoms with Gasteiger partial charge in [-0.3, -0.25) is 0 Å². The lowest BCUT2D eigenvalue weighted by Gasteiger charge is -2.05. The molecule has 0 saturated carbocycles. The Bertz CT molecular complexity index is 264. The minimum absolute atomic E-state index is 1.19. The smallest absolute Gasteiger partial charge is 0.0232 e. The van der Waals surface area contributed by atoms with Crippen molar-refractivity contribution >= 4 is 0 Å². The zero-order valence-corrected chi connectivity index (χ0v) is 7.77. The molecule has 12 heavy (non-hydrogen) atoms. The van der Waals surface area contributed by atoms with Crippen molar-refractivity contribution in [3.63, 3.8) is 0 Å². The summed E-state index contributed by atoms with van der Waals surface area (Å²) in [4.78, 5) is 0. The summed E-state index contributed by atoms with van der Waals surface area (Å²) in [5, 5.41) is 0. The molecule has 0 nitrogen and oxygen atoms in total. The molecule has 0 atom stereocenters. The molecule has 0 heteroatoms. The van der Waals surface area contributed by atoms with Crippen LogP contribution in [0.4, 0.5) is 0 Å². The fourth-order valence-corrected chi connectivity index (χ4v) is 2.08. The van der Waals surface area contributed by atoms with E-state index in [-0.39, 0.29) is 0 Å². The minimum Gasteiger partial charge on any atom is -0.0767 e. The van der Waals surface area contributed by atoms with Crippen molar-refractivity contribution in [2.24, 2.45) is 0 Å². The van der Waals surface area contributed by atoms with Gasteiger partial charge in [-0.25, -0.2) is 0 Å². The molecule has 0 saturated heterocycles. The van der Waals surface area contributed by atoms with E-state index in [0.717, 1.165) is 0 Å². The highest BCUT2D eigenvalue weighted by atomic mass is 14.2. The predicted octanol–water partition coefficient (Wildman–Crippen LogP) is 3.76. The fourth-order valence-electron chi connectivity index (χ4n) is 2.08. The lowest BCUT2D eigenvalue weighted by atomic mass is 10.00. The van der Waals surface area contributed by atoms with Gasteiger partial charge in [-0.1, -0.05) is 25.2 Å². The van der Waals surface area contributed by atoms with Crippen LogP contribution in [0.15, 0.2) is 34.9 Å². The van der Waals surface area contributed by atoms with Crippen LogP contribution in [0.1, 0.15) is 39.0 Å². The molecule has 0 unspecified atom stereocenters. The van der Waals surface area contributed by atoms with E-state index in [1.54, 1.807) is 16.7 Å². The molecule has 2 aliphatic carbocycles. The normalized spacial score (nSPS) is 22.2.